The second-order valence-electron chi connectivity index (χ2n) is 9.01. The predicted octanol–water partition coefficient (Wildman–Crippen LogP) is 1.57. The van der Waals surface area contributed by atoms with Crippen LogP contribution in [0.25, 0.3) is 0 Å². The summed E-state index contributed by atoms with van der Waals surface area (Å²) >= 11 is 0. The van der Waals surface area contributed by atoms with E-state index < -0.39 is 6.04 Å². The fourth-order valence-electron chi connectivity index (χ4n) is 2.56. The van der Waals surface area contributed by atoms with Crippen molar-refractivity contribution < 1.29 is 14.4 Å². The molecule has 2 amide bonds. The van der Waals surface area contributed by atoms with Crippen LogP contribution in [0, 0.1) is 0 Å². The third kappa shape index (κ3) is 35.0. The highest BCUT2D eigenvalue weighted by atomic mass is 16.2. The summed E-state index contributed by atoms with van der Waals surface area (Å²) < 4.78 is 0. The number of unbranched alkanes of at least 4 members (excludes halogenated alkanes) is 1. The molecule has 0 bridgehead atoms. The minimum absolute atomic E-state index is 0.109. The number of nitrogens with one attached hydrogen (secondary N) is 6. The first-order valence-corrected chi connectivity index (χ1v) is 12.9. The number of aldehydes is 1. The molecule has 0 aromatic heterocycles. The Morgan fingerprint density at radius 2 is 1.32 bits per heavy atom. The molecule has 0 fully saturated rings. The SMILES string of the molecule is CC(C)NCCC=O.CCCNC(C)C.CNCCCCC(NC=O)C(=O)NCCNC(C)C. The summed E-state index contributed by atoms with van der Waals surface area (Å²) in [6.07, 6.45) is 5.95. The lowest BCUT2D eigenvalue weighted by molar-refractivity contribution is -0.125. The average Bonchev–Trinajstić information content (AvgIpc) is 2.78. The fraction of sp³-hybridized carbons (Fsp3) is 0.880. The molecule has 0 saturated heterocycles. The summed E-state index contributed by atoms with van der Waals surface area (Å²) in [5.74, 6) is -0.109. The third-order valence-corrected chi connectivity index (χ3v) is 4.35. The van der Waals surface area contributed by atoms with Crippen LogP contribution in [0.5, 0.6) is 0 Å². The van der Waals surface area contributed by atoms with Gasteiger partial charge in [0.2, 0.25) is 12.3 Å². The zero-order chi connectivity index (χ0) is 26.6. The van der Waals surface area contributed by atoms with Gasteiger partial charge in [-0.1, -0.05) is 48.5 Å². The van der Waals surface area contributed by atoms with Crippen molar-refractivity contribution in [2.24, 2.45) is 0 Å². The van der Waals surface area contributed by atoms with E-state index in [4.69, 9.17) is 0 Å². The van der Waals surface area contributed by atoms with E-state index in [1.54, 1.807) is 0 Å². The second kappa shape index (κ2) is 29.5. The Hall–Kier alpha value is -1.55. The molecule has 0 aliphatic carbocycles. The highest BCUT2D eigenvalue weighted by Crippen LogP contribution is 2.00. The number of hydrogen-bond acceptors (Lipinski definition) is 7. The van der Waals surface area contributed by atoms with Gasteiger partial charge in [0.1, 0.15) is 12.3 Å². The average molecular weight is 489 g/mol. The highest BCUT2D eigenvalue weighted by Gasteiger charge is 2.16. The van der Waals surface area contributed by atoms with Crippen LogP contribution in [0.3, 0.4) is 0 Å². The summed E-state index contributed by atoms with van der Waals surface area (Å²) in [5.41, 5.74) is 0. The van der Waals surface area contributed by atoms with Crippen molar-refractivity contribution >= 4 is 18.6 Å². The van der Waals surface area contributed by atoms with Crippen molar-refractivity contribution in [3.05, 3.63) is 0 Å². The molecular weight excluding hydrogens is 432 g/mol. The molecule has 0 aliphatic rings. The van der Waals surface area contributed by atoms with Gasteiger partial charge in [0, 0.05) is 44.2 Å². The predicted molar refractivity (Wildman–Crippen MR) is 144 cm³/mol. The number of hydrogen-bond donors (Lipinski definition) is 6. The molecule has 0 saturated carbocycles. The van der Waals surface area contributed by atoms with Gasteiger partial charge in [-0.2, -0.15) is 0 Å². The standard InChI is InChI=1S/C13H28N4O2.C6H13NO.C6H15N/c1-11(2)15-8-9-16-13(19)12(17-10-18)6-4-5-7-14-3;1-6(2)7-4-3-5-8;1-4-5-7-6(2)3/h10-12,14-15H,4-9H2,1-3H3,(H,16,19)(H,17,18);5-7H,3-4H2,1-2H3;6-7H,4-5H2,1-3H3. The Bertz CT molecular complexity index is 448. The maximum absolute atomic E-state index is 11.9. The van der Waals surface area contributed by atoms with E-state index >= 15 is 0 Å². The number of carbonyl (C=O) groups is 3. The Morgan fingerprint density at radius 1 is 0.765 bits per heavy atom. The molecular formula is C25H56N6O3. The van der Waals surface area contributed by atoms with E-state index in [2.05, 4.69) is 80.4 Å². The summed E-state index contributed by atoms with van der Waals surface area (Å²) in [6, 6.07) is 1.13. The van der Waals surface area contributed by atoms with Crippen molar-refractivity contribution in [2.75, 3.05) is 39.8 Å². The maximum Gasteiger partial charge on any atom is 0.242 e. The zero-order valence-corrected chi connectivity index (χ0v) is 23.3. The molecule has 6 N–H and O–H groups in total. The van der Waals surface area contributed by atoms with Crippen LogP contribution in [0.2, 0.25) is 0 Å². The number of rotatable bonds is 19. The monoisotopic (exact) mass is 488 g/mol. The van der Waals surface area contributed by atoms with Crippen LogP contribution in [-0.4, -0.2) is 82.5 Å². The Kier molecular flexibility index (Phi) is 32.1. The number of amides is 2. The molecule has 9 nitrogen and oxygen atoms in total. The summed E-state index contributed by atoms with van der Waals surface area (Å²) in [4.78, 5) is 32.1. The summed E-state index contributed by atoms with van der Waals surface area (Å²) in [7, 11) is 1.90. The molecule has 0 aromatic carbocycles. The first kappa shape index (κ1) is 37.0. The topological polar surface area (TPSA) is 123 Å². The van der Waals surface area contributed by atoms with Crippen molar-refractivity contribution in [2.45, 2.75) is 105 Å². The summed E-state index contributed by atoms with van der Waals surface area (Å²) in [5, 5.41) is 18.1. The van der Waals surface area contributed by atoms with Crippen LogP contribution < -0.4 is 31.9 Å². The first-order chi connectivity index (χ1) is 16.2. The van der Waals surface area contributed by atoms with E-state index in [-0.39, 0.29) is 5.91 Å². The van der Waals surface area contributed by atoms with Gasteiger partial charge >= 0.3 is 0 Å². The highest BCUT2D eigenvalue weighted by molar-refractivity contribution is 5.83. The summed E-state index contributed by atoms with van der Waals surface area (Å²) in [6.45, 7) is 18.9. The van der Waals surface area contributed by atoms with E-state index in [0.29, 0.717) is 43.9 Å². The van der Waals surface area contributed by atoms with E-state index in [9.17, 15) is 14.4 Å². The lowest BCUT2D eigenvalue weighted by Gasteiger charge is -2.16. The smallest absolute Gasteiger partial charge is 0.242 e. The molecule has 0 heterocycles. The Balaban J connectivity index is -0.000000524. The molecule has 0 aromatic rings. The lowest BCUT2D eigenvalue weighted by atomic mass is 10.1. The van der Waals surface area contributed by atoms with Crippen molar-refractivity contribution in [1.82, 2.24) is 31.9 Å². The van der Waals surface area contributed by atoms with Gasteiger partial charge in [-0.05, 0) is 45.8 Å². The van der Waals surface area contributed by atoms with Crippen LogP contribution >= 0.6 is 0 Å². The van der Waals surface area contributed by atoms with Gasteiger partial charge in [0.05, 0.1) is 0 Å². The molecule has 204 valence electrons. The van der Waals surface area contributed by atoms with Gasteiger partial charge in [0.15, 0.2) is 0 Å². The van der Waals surface area contributed by atoms with Gasteiger partial charge in [0.25, 0.3) is 0 Å². The van der Waals surface area contributed by atoms with Gasteiger partial charge in [-0.3, -0.25) is 9.59 Å². The van der Waals surface area contributed by atoms with Crippen LogP contribution in [0.15, 0.2) is 0 Å². The van der Waals surface area contributed by atoms with Gasteiger partial charge in [-0.15, -0.1) is 0 Å². The van der Waals surface area contributed by atoms with Crippen molar-refractivity contribution in [3.8, 4) is 0 Å². The third-order valence-electron chi connectivity index (χ3n) is 4.35. The molecule has 0 radical (unpaired) electrons. The molecule has 0 rings (SSSR count). The van der Waals surface area contributed by atoms with E-state index in [0.717, 1.165) is 45.3 Å². The van der Waals surface area contributed by atoms with Crippen LogP contribution in [0.1, 0.15) is 80.6 Å². The van der Waals surface area contributed by atoms with E-state index in [1.807, 2.05) is 7.05 Å². The normalized spacial score (nSPS) is 11.3. The minimum atomic E-state index is -0.423. The molecule has 34 heavy (non-hydrogen) atoms. The largest absolute Gasteiger partial charge is 0.353 e. The lowest BCUT2D eigenvalue weighted by Crippen LogP contribution is -2.45. The molecule has 0 aliphatic heterocycles. The molecule has 0 spiro atoms. The molecule has 1 atom stereocenters. The van der Waals surface area contributed by atoms with Crippen LogP contribution in [-0.2, 0) is 14.4 Å². The quantitative estimate of drug-likeness (QED) is 0.120. The Labute approximate surface area is 209 Å². The van der Waals surface area contributed by atoms with Gasteiger partial charge < -0.3 is 36.7 Å². The van der Waals surface area contributed by atoms with Crippen molar-refractivity contribution in [3.63, 3.8) is 0 Å². The molecule has 9 heteroatoms. The molecule has 1 unspecified atom stereocenters. The second-order valence-corrected chi connectivity index (χ2v) is 9.01. The Morgan fingerprint density at radius 3 is 1.76 bits per heavy atom. The van der Waals surface area contributed by atoms with E-state index in [1.165, 1.54) is 6.42 Å². The van der Waals surface area contributed by atoms with Crippen LogP contribution in [0.4, 0.5) is 0 Å². The van der Waals surface area contributed by atoms with Crippen molar-refractivity contribution in [1.29, 1.82) is 0 Å². The zero-order valence-electron chi connectivity index (χ0n) is 23.3. The van der Waals surface area contributed by atoms with Gasteiger partial charge in [-0.25, -0.2) is 0 Å². The maximum atomic E-state index is 11.9. The fourth-order valence-corrected chi connectivity index (χ4v) is 2.56. The minimum Gasteiger partial charge on any atom is -0.353 e. The first-order valence-electron chi connectivity index (χ1n) is 12.9. The number of carbonyl (C=O) groups excluding carboxylic acids is 3.